The van der Waals surface area contributed by atoms with E-state index in [9.17, 15) is 18.0 Å². The van der Waals surface area contributed by atoms with Crippen molar-refractivity contribution in [3.63, 3.8) is 0 Å². The average molecular weight is 647 g/mol. The second kappa shape index (κ2) is 18.5. The summed E-state index contributed by atoms with van der Waals surface area (Å²) in [4.78, 5) is 26.1. The number of esters is 1. The van der Waals surface area contributed by atoms with Gasteiger partial charge in [-0.05, 0) is 85.4 Å². The van der Waals surface area contributed by atoms with Gasteiger partial charge in [-0.15, -0.1) is 0 Å². The molecule has 1 N–H and O–H groups in total. The first-order valence-corrected chi connectivity index (χ1v) is 18.8. The van der Waals surface area contributed by atoms with Gasteiger partial charge in [-0.3, -0.25) is 4.79 Å². The number of hydrogen-bond acceptors (Lipinski definition) is 7. The molecule has 1 unspecified atom stereocenters. The molecule has 1 saturated carbocycles. The average Bonchev–Trinajstić information content (AvgIpc) is 3.03. The molecule has 0 radical (unpaired) electrons. The van der Waals surface area contributed by atoms with E-state index in [4.69, 9.17) is 9.47 Å². The predicted molar refractivity (Wildman–Crippen MR) is 179 cm³/mol. The van der Waals surface area contributed by atoms with E-state index in [1.807, 2.05) is 56.5 Å². The monoisotopic (exact) mass is 646 g/mol. The van der Waals surface area contributed by atoms with E-state index in [1.165, 1.54) is 26.4 Å². The number of methoxy groups -OCH3 is 1. The van der Waals surface area contributed by atoms with Gasteiger partial charge in [-0.1, -0.05) is 62.4 Å². The number of nitrogens with one attached hydrogen (secondary N) is 1. The van der Waals surface area contributed by atoms with Crippen LogP contribution in [0, 0.1) is 12.8 Å². The summed E-state index contributed by atoms with van der Waals surface area (Å²) < 4.78 is 39.2. The van der Waals surface area contributed by atoms with Crippen LogP contribution in [0.2, 0.25) is 0 Å². The van der Waals surface area contributed by atoms with Crippen molar-refractivity contribution in [2.45, 2.75) is 77.8 Å². The van der Waals surface area contributed by atoms with E-state index in [0.29, 0.717) is 55.4 Å². The Morgan fingerprint density at radius 2 is 1.84 bits per heavy atom. The number of ether oxygens (including phenoxy) is 2. The number of hydrogen-bond donors (Lipinski definition) is 1. The quantitative estimate of drug-likeness (QED) is 0.152. The lowest BCUT2D eigenvalue weighted by molar-refractivity contribution is -0.142. The molecular formula is C34H50N2O6S2. The highest BCUT2D eigenvalue weighted by Crippen LogP contribution is 2.30. The summed E-state index contributed by atoms with van der Waals surface area (Å²) in [6.45, 7) is 5.56. The molecule has 1 aliphatic rings. The van der Waals surface area contributed by atoms with E-state index in [-0.39, 0.29) is 18.2 Å². The topological polar surface area (TPSA) is 102 Å². The fourth-order valence-corrected chi connectivity index (χ4v) is 7.73. The zero-order valence-corrected chi connectivity index (χ0v) is 28.4. The van der Waals surface area contributed by atoms with E-state index in [1.54, 1.807) is 22.1 Å². The SMILES string of the molecule is CCOCCCS(=O)(=O)N(CCC1CCCCC1)Cc1ccc(C(=O)NC(CCSC)C(=O)OC)c(-c2ccccc2C)c1. The summed E-state index contributed by atoms with van der Waals surface area (Å²) in [7, 11) is -2.21. The van der Waals surface area contributed by atoms with E-state index in [0.717, 1.165) is 36.0 Å². The third-order valence-corrected chi connectivity index (χ3v) is 10.9. The molecule has 0 heterocycles. The maximum atomic E-state index is 13.6. The number of rotatable bonds is 18. The van der Waals surface area contributed by atoms with Crippen LogP contribution in [-0.2, 0) is 30.8 Å². The fraction of sp³-hybridized carbons (Fsp3) is 0.588. The third kappa shape index (κ3) is 10.9. The number of aryl methyl sites for hydroxylation is 1. The minimum absolute atomic E-state index is 0.0355. The maximum absolute atomic E-state index is 13.6. The van der Waals surface area contributed by atoms with Crippen molar-refractivity contribution in [3.05, 3.63) is 59.2 Å². The van der Waals surface area contributed by atoms with Crippen molar-refractivity contribution in [3.8, 4) is 11.1 Å². The molecule has 1 aliphatic carbocycles. The standard InChI is InChI=1S/C34H50N2O6S2/c1-5-42-21-11-23-44(39,40)36(20-18-27-13-7-6-8-14-27)25-28-16-17-30(31(24-28)29-15-10-9-12-26(29)2)33(37)35-32(19-22-43-4)34(38)41-3/h9-10,12,15-17,24,27,32H,5-8,11,13-14,18-23,25H2,1-4H3,(H,35,37). The van der Waals surface area contributed by atoms with Crippen molar-refractivity contribution in [2.24, 2.45) is 5.92 Å². The molecule has 3 rings (SSSR count). The summed E-state index contributed by atoms with van der Waals surface area (Å²) >= 11 is 1.59. The third-order valence-electron chi connectivity index (χ3n) is 8.32. The first kappa shape index (κ1) is 36.1. The number of thioether (sulfide) groups is 1. The van der Waals surface area contributed by atoms with Crippen LogP contribution in [0.1, 0.15) is 79.8 Å². The molecule has 0 bridgehead atoms. The highest BCUT2D eigenvalue weighted by molar-refractivity contribution is 7.98. The number of benzene rings is 2. The maximum Gasteiger partial charge on any atom is 0.328 e. The predicted octanol–water partition coefficient (Wildman–Crippen LogP) is 6.22. The van der Waals surface area contributed by atoms with Gasteiger partial charge in [0.2, 0.25) is 10.0 Å². The highest BCUT2D eigenvalue weighted by atomic mass is 32.2. The lowest BCUT2D eigenvalue weighted by Crippen LogP contribution is -2.42. The number of amides is 1. The minimum atomic E-state index is -3.53. The molecule has 0 aromatic heterocycles. The van der Waals surface area contributed by atoms with Gasteiger partial charge >= 0.3 is 5.97 Å². The molecule has 1 fully saturated rings. The zero-order valence-electron chi connectivity index (χ0n) is 26.8. The van der Waals surface area contributed by atoms with Crippen LogP contribution in [0.3, 0.4) is 0 Å². The molecule has 44 heavy (non-hydrogen) atoms. The molecule has 8 nitrogen and oxygen atoms in total. The lowest BCUT2D eigenvalue weighted by Gasteiger charge is -2.27. The molecule has 0 saturated heterocycles. The van der Waals surface area contributed by atoms with Gasteiger partial charge in [-0.25, -0.2) is 13.2 Å². The van der Waals surface area contributed by atoms with Gasteiger partial charge in [0, 0.05) is 31.9 Å². The zero-order chi connectivity index (χ0) is 32.0. The molecule has 2 aromatic carbocycles. The summed E-state index contributed by atoms with van der Waals surface area (Å²) in [5.74, 6) is 0.425. The Kier molecular flexibility index (Phi) is 15.2. The van der Waals surface area contributed by atoms with Crippen molar-refractivity contribution in [1.82, 2.24) is 9.62 Å². The van der Waals surface area contributed by atoms with Gasteiger partial charge in [0.1, 0.15) is 6.04 Å². The summed E-state index contributed by atoms with van der Waals surface area (Å²) in [6, 6.07) is 12.6. The first-order valence-electron chi connectivity index (χ1n) is 15.8. The van der Waals surface area contributed by atoms with Gasteiger partial charge in [0.25, 0.3) is 5.91 Å². The second-order valence-corrected chi connectivity index (χ2v) is 14.6. The number of sulfonamides is 1. The van der Waals surface area contributed by atoms with E-state index in [2.05, 4.69) is 5.32 Å². The Balaban J connectivity index is 1.94. The first-order chi connectivity index (χ1) is 21.2. The Morgan fingerprint density at radius 3 is 2.52 bits per heavy atom. The van der Waals surface area contributed by atoms with Crippen molar-refractivity contribution in [2.75, 3.05) is 44.6 Å². The molecule has 10 heteroatoms. The van der Waals surface area contributed by atoms with Gasteiger partial charge in [0.05, 0.1) is 12.9 Å². The Hall–Kier alpha value is -2.40. The number of carbonyl (C=O) groups excluding carboxylic acids is 2. The van der Waals surface area contributed by atoms with Gasteiger partial charge in [0.15, 0.2) is 0 Å². The van der Waals surface area contributed by atoms with Crippen LogP contribution < -0.4 is 5.32 Å². The number of carbonyl (C=O) groups is 2. The van der Waals surface area contributed by atoms with Crippen molar-refractivity contribution in [1.29, 1.82) is 0 Å². The minimum Gasteiger partial charge on any atom is -0.467 e. The van der Waals surface area contributed by atoms with Gasteiger partial charge in [-0.2, -0.15) is 16.1 Å². The Morgan fingerprint density at radius 1 is 1.09 bits per heavy atom. The molecular weight excluding hydrogens is 597 g/mol. The van der Waals surface area contributed by atoms with E-state index < -0.39 is 22.0 Å². The van der Waals surface area contributed by atoms with Crippen molar-refractivity contribution >= 4 is 33.7 Å². The summed E-state index contributed by atoms with van der Waals surface area (Å²) in [6.07, 6.45) is 9.69. The number of nitrogens with zero attached hydrogens (tertiary/aromatic N) is 1. The van der Waals surface area contributed by atoms with E-state index >= 15 is 0 Å². The fourth-order valence-electron chi connectivity index (χ4n) is 5.79. The summed E-state index contributed by atoms with van der Waals surface area (Å²) in [5, 5.41) is 2.88. The smallest absolute Gasteiger partial charge is 0.328 e. The van der Waals surface area contributed by atoms with Crippen LogP contribution in [0.15, 0.2) is 42.5 Å². The van der Waals surface area contributed by atoms with Crippen LogP contribution in [-0.4, -0.2) is 75.3 Å². The normalized spacial score (nSPS) is 14.8. The molecule has 1 atom stereocenters. The lowest BCUT2D eigenvalue weighted by atomic mass is 9.87. The largest absolute Gasteiger partial charge is 0.467 e. The molecule has 0 aliphatic heterocycles. The Labute approximate surface area is 268 Å². The van der Waals surface area contributed by atoms with Crippen LogP contribution in [0.25, 0.3) is 11.1 Å². The summed E-state index contributed by atoms with van der Waals surface area (Å²) in [5.41, 5.74) is 3.81. The van der Waals surface area contributed by atoms with Crippen LogP contribution in [0.4, 0.5) is 0 Å². The van der Waals surface area contributed by atoms with Crippen molar-refractivity contribution < 1.29 is 27.5 Å². The molecule has 1 amide bonds. The Bertz CT molecular complexity index is 1310. The van der Waals surface area contributed by atoms with Crippen LogP contribution in [0.5, 0.6) is 0 Å². The highest BCUT2D eigenvalue weighted by Gasteiger charge is 2.27. The molecule has 0 spiro atoms. The van der Waals surface area contributed by atoms with Crippen LogP contribution >= 0.6 is 11.8 Å². The second-order valence-electron chi connectivity index (χ2n) is 11.5. The van der Waals surface area contributed by atoms with Gasteiger partial charge < -0.3 is 14.8 Å². The molecule has 2 aromatic rings. The molecule has 244 valence electrons.